The van der Waals surface area contributed by atoms with Crippen LogP contribution in [0.4, 0.5) is 5.69 Å². The summed E-state index contributed by atoms with van der Waals surface area (Å²) in [6.07, 6.45) is 1.85. The number of hydrogen-bond donors (Lipinski definition) is 0. The van der Waals surface area contributed by atoms with Crippen molar-refractivity contribution in [3.8, 4) is 11.3 Å². The van der Waals surface area contributed by atoms with Crippen molar-refractivity contribution in [3.63, 3.8) is 0 Å². The summed E-state index contributed by atoms with van der Waals surface area (Å²) in [4.78, 5) is 22.8. The van der Waals surface area contributed by atoms with Crippen LogP contribution in [0.2, 0.25) is 0 Å². The SMILES string of the molecule is CCOC(=O)c1cc(-c2ccc(N=Cc3cccs3)cc2)nc2ccccc12. The molecule has 5 heteroatoms. The lowest BCUT2D eigenvalue weighted by Crippen LogP contribution is -2.06. The fraction of sp³-hybridized carbons (Fsp3) is 0.0870. The van der Waals surface area contributed by atoms with E-state index in [4.69, 9.17) is 9.72 Å². The molecule has 0 fully saturated rings. The van der Waals surface area contributed by atoms with Gasteiger partial charge in [-0.05, 0) is 42.6 Å². The van der Waals surface area contributed by atoms with Gasteiger partial charge in [-0.2, -0.15) is 0 Å². The fourth-order valence-corrected chi connectivity index (χ4v) is 3.51. The second kappa shape index (κ2) is 8.15. The van der Waals surface area contributed by atoms with Gasteiger partial charge < -0.3 is 4.74 Å². The summed E-state index contributed by atoms with van der Waals surface area (Å²) in [6.45, 7) is 2.14. The minimum absolute atomic E-state index is 0.334. The quantitative estimate of drug-likeness (QED) is 0.317. The number of hydrogen-bond acceptors (Lipinski definition) is 5. The molecule has 0 unspecified atom stereocenters. The van der Waals surface area contributed by atoms with E-state index in [9.17, 15) is 4.79 Å². The summed E-state index contributed by atoms with van der Waals surface area (Å²) < 4.78 is 5.23. The standard InChI is InChI=1S/C23H18N2O2S/c1-2-27-23(26)20-14-22(25-21-8-4-3-7-19(20)21)16-9-11-17(12-10-16)24-15-18-6-5-13-28-18/h3-15H,2H2,1H3. The summed E-state index contributed by atoms with van der Waals surface area (Å²) in [7, 11) is 0. The number of ether oxygens (including phenoxy) is 1. The van der Waals surface area contributed by atoms with Gasteiger partial charge in [-0.15, -0.1) is 11.3 Å². The van der Waals surface area contributed by atoms with E-state index in [1.807, 2.05) is 72.3 Å². The Bertz CT molecular complexity index is 1130. The van der Waals surface area contributed by atoms with E-state index < -0.39 is 0 Å². The first-order valence-electron chi connectivity index (χ1n) is 8.99. The highest BCUT2D eigenvalue weighted by atomic mass is 32.1. The largest absolute Gasteiger partial charge is 0.462 e. The zero-order valence-corrected chi connectivity index (χ0v) is 16.1. The van der Waals surface area contributed by atoms with Gasteiger partial charge in [0.25, 0.3) is 0 Å². The van der Waals surface area contributed by atoms with Gasteiger partial charge in [-0.25, -0.2) is 9.78 Å². The summed E-state index contributed by atoms with van der Waals surface area (Å²) >= 11 is 1.65. The average Bonchev–Trinajstić information content (AvgIpc) is 3.26. The highest BCUT2D eigenvalue weighted by Gasteiger charge is 2.14. The van der Waals surface area contributed by atoms with Crippen molar-refractivity contribution in [1.29, 1.82) is 0 Å². The van der Waals surface area contributed by atoms with Crippen LogP contribution in [0.3, 0.4) is 0 Å². The number of para-hydroxylation sites is 1. The molecule has 0 atom stereocenters. The Morgan fingerprint density at radius 3 is 2.68 bits per heavy atom. The number of rotatable bonds is 5. The lowest BCUT2D eigenvalue weighted by Gasteiger charge is -2.09. The van der Waals surface area contributed by atoms with Crippen molar-refractivity contribution in [3.05, 3.63) is 82.6 Å². The molecule has 0 N–H and O–H groups in total. The van der Waals surface area contributed by atoms with E-state index in [0.717, 1.165) is 32.7 Å². The Balaban J connectivity index is 1.69. The fourth-order valence-electron chi connectivity index (χ4n) is 2.92. The number of aliphatic imine (C=N–C) groups is 1. The second-order valence-corrected chi connectivity index (χ2v) is 7.09. The Labute approximate surface area is 167 Å². The normalized spacial score (nSPS) is 11.2. The lowest BCUT2D eigenvalue weighted by molar-refractivity contribution is 0.0528. The molecule has 2 aromatic carbocycles. The number of aromatic nitrogens is 1. The van der Waals surface area contributed by atoms with Gasteiger partial charge in [-0.1, -0.05) is 36.4 Å². The third-order valence-electron chi connectivity index (χ3n) is 4.26. The third-order valence-corrected chi connectivity index (χ3v) is 5.07. The molecule has 4 rings (SSSR count). The molecule has 4 nitrogen and oxygen atoms in total. The van der Waals surface area contributed by atoms with E-state index in [2.05, 4.69) is 4.99 Å². The first-order valence-corrected chi connectivity index (χ1v) is 9.87. The zero-order valence-electron chi connectivity index (χ0n) is 15.3. The molecule has 28 heavy (non-hydrogen) atoms. The maximum Gasteiger partial charge on any atom is 0.338 e. The van der Waals surface area contributed by atoms with Crippen LogP contribution in [0.15, 0.2) is 77.1 Å². The molecule has 0 saturated heterocycles. The van der Waals surface area contributed by atoms with Gasteiger partial charge in [-0.3, -0.25) is 4.99 Å². The van der Waals surface area contributed by atoms with Crippen LogP contribution in [0.5, 0.6) is 0 Å². The monoisotopic (exact) mass is 386 g/mol. The van der Waals surface area contributed by atoms with E-state index in [1.54, 1.807) is 24.3 Å². The predicted molar refractivity (Wildman–Crippen MR) is 115 cm³/mol. The summed E-state index contributed by atoms with van der Waals surface area (Å²) in [5.74, 6) is -0.334. The Hall–Kier alpha value is -3.31. The molecular formula is C23H18N2O2S. The Kier molecular flexibility index (Phi) is 5.26. The molecule has 4 aromatic rings. The molecule has 0 radical (unpaired) electrons. The number of esters is 1. The number of carbonyl (C=O) groups excluding carboxylic acids is 1. The molecule has 0 bridgehead atoms. The molecule has 0 saturated carbocycles. The minimum atomic E-state index is -0.334. The molecule has 0 aliphatic carbocycles. The Morgan fingerprint density at radius 2 is 1.93 bits per heavy atom. The lowest BCUT2D eigenvalue weighted by atomic mass is 10.0. The second-order valence-electron chi connectivity index (χ2n) is 6.11. The molecule has 2 heterocycles. The van der Waals surface area contributed by atoms with Crippen molar-refractivity contribution in [2.75, 3.05) is 6.61 Å². The van der Waals surface area contributed by atoms with Gasteiger partial charge in [0.05, 0.1) is 29.1 Å². The maximum atomic E-state index is 12.4. The van der Waals surface area contributed by atoms with Crippen LogP contribution in [0, 0.1) is 0 Å². The topological polar surface area (TPSA) is 51.5 Å². The van der Waals surface area contributed by atoms with E-state index in [0.29, 0.717) is 12.2 Å². The molecule has 0 aliphatic rings. The van der Waals surface area contributed by atoms with Gasteiger partial charge in [0.2, 0.25) is 0 Å². The predicted octanol–water partition coefficient (Wildman–Crippen LogP) is 5.89. The van der Waals surface area contributed by atoms with Crippen molar-refractivity contribution in [2.45, 2.75) is 6.92 Å². The maximum absolute atomic E-state index is 12.4. The minimum Gasteiger partial charge on any atom is -0.462 e. The Morgan fingerprint density at radius 1 is 1.11 bits per heavy atom. The van der Waals surface area contributed by atoms with Crippen molar-refractivity contribution < 1.29 is 9.53 Å². The summed E-state index contributed by atoms with van der Waals surface area (Å²) in [5, 5.41) is 2.82. The van der Waals surface area contributed by atoms with E-state index in [1.165, 1.54) is 0 Å². The van der Waals surface area contributed by atoms with Gasteiger partial charge >= 0.3 is 5.97 Å². The number of carbonyl (C=O) groups is 1. The molecule has 138 valence electrons. The van der Waals surface area contributed by atoms with Crippen LogP contribution in [0.1, 0.15) is 22.2 Å². The average molecular weight is 386 g/mol. The first kappa shape index (κ1) is 18.1. The van der Waals surface area contributed by atoms with Crippen LogP contribution in [-0.4, -0.2) is 23.8 Å². The molecule has 0 spiro atoms. The highest BCUT2D eigenvalue weighted by molar-refractivity contribution is 7.11. The smallest absolute Gasteiger partial charge is 0.338 e. The van der Waals surface area contributed by atoms with Crippen molar-refractivity contribution >= 4 is 40.1 Å². The van der Waals surface area contributed by atoms with Crippen LogP contribution >= 0.6 is 11.3 Å². The number of nitrogens with zero attached hydrogens (tertiary/aromatic N) is 2. The van der Waals surface area contributed by atoms with Crippen LogP contribution in [0.25, 0.3) is 22.2 Å². The van der Waals surface area contributed by atoms with Crippen molar-refractivity contribution in [1.82, 2.24) is 4.98 Å². The summed E-state index contributed by atoms with van der Waals surface area (Å²) in [5.41, 5.74) is 3.82. The van der Waals surface area contributed by atoms with Crippen molar-refractivity contribution in [2.24, 2.45) is 4.99 Å². The molecule has 0 aliphatic heterocycles. The number of fused-ring (bicyclic) bond motifs is 1. The number of pyridine rings is 1. The summed E-state index contributed by atoms with van der Waals surface area (Å²) in [6, 6.07) is 21.2. The van der Waals surface area contributed by atoms with Crippen LogP contribution in [-0.2, 0) is 4.74 Å². The van der Waals surface area contributed by atoms with Gasteiger partial charge in [0.15, 0.2) is 0 Å². The molecule has 2 aromatic heterocycles. The van der Waals surface area contributed by atoms with E-state index in [-0.39, 0.29) is 5.97 Å². The highest BCUT2D eigenvalue weighted by Crippen LogP contribution is 2.27. The zero-order chi connectivity index (χ0) is 19.3. The van der Waals surface area contributed by atoms with Crippen LogP contribution < -0.4 is 0 Å². The molecule has 0 amide bonds. The number of thiophene rings is 1. The number of benzene rings is 2. The van der Waals surface area contributed by atoms with Gasteiger partial charge in [0, 0.05) is 22.0 Å². The first-order chi connectivity index (χ1) is 13.7. The van der Waals surface area contributed by atoms with E-state index >= 15 is 0 Å². The molecular weight excluding hydrogens is 368 g/mol. The van der Waals surface area contributed by atoms with Gasteiger partial charge in [0.1, 0.15) is 0 Å². The third kappa shape index (κ3) is 3.85.